The van der Waals surface area contributed by atoms with Gasteiger partial charge in [-0.05, 0) is 57.6 Å². The second kappa shape index (κ2) is 10.2. The van der Waals surface area contributed by atoms with E-state index in [1.807, 2.05) is 26.0 Å². The maximum Gasteiger partial charge on any atom is 0.265 e. The van der Waals surface area contributed by atoms with Gasteiger partial charge in [-0.2, -0.15) is 0 Å². The summed E-state index contributed by atoms with van der Waals surface area (Å²) >= 11 is 0. The van der Waals surface area contributed by atoms with Crippen LogP contribution >= 0.6 is 7.26 Å². The zero-order valence-electron chi connectivity index (χ0n) is 16.1. The average molecular weight is 434 g/mol. The van der Waals surface area contributed by atoms with E-state index in [2.05, 4.69) is 24.0 Å². The Hall–Kier alpha value is -0.286. The smallest absolute Gasteiger partial charge is 0.265 e. The van der Waals surface area contributed by atoms with Gasteiger partial charge in [-0.3, -0.25) is 4.79 Å². The summed E-state index contributed by atoms with van der Waals surface area (Å²) in [6.07, 6.45) is 8.61. The molecule has 133 valence electrons. The van der Waals surface area contributed by atoms with Crippen LogP contribution in [0.4, 0.5) is 11.4 Å². The van der Waals surface area contributed by atoms with Crippen LogP contribution in [-0.4, -0.2) is 30.1 Å². The van der Waals surface area contributed by atoms with Crippen LogP contribution < -0.4 is 5.32 Å². The number of hydrogen-bond acceptors (Lipinski definition) is 1. The molecule has 0 aliphatic carbocycles. The number of amides is 1. The van der Waals surface area contributed by atoms with E-state index in [-0.39, 0.29) is 44.3 Å². The minimum absolute atomic E-state index is 0. The van der Waals surface area contributed by atoms with Crippen LogP contribution in [-0.2, 0) is 37.5 Å². The Morgan fingerprint density at radius 3 is 2.20 bits per heavy atom. The van der Waals surface area contributed by atoms with Gasteiger partial charge in [0.15, 0.2) is 5.69 Å². The van der Waals surface area contributed by atoms with Crippen LogP contribution in [0, 0.1) is 20.4 Å². The van der Waals surface area contributed by atoms with Gasteiger partial charge in [-0.15, -0.1) is 0 Å². The van der Waals surface area contributed by atoms with Crippen molar-refractivity contribution in [1.29, 1.82) is 0 Å². The van der Waals surface area contributed by atoms with Crippen LogP contribution in [0.5, 0.6) is 0 Å². The molecule has 1 aromatic rings. The first kappa shape index (κ1) is 22.8. The SMILES string of the molecule is [C-]#[N+]c1cc(C)c(NC(=O)C(CC)[P+]2(CC)CCCCC2)c(C)c1.[Y]. The standard InChI is InChI=1S/C20H29N2OP.Y/c1-6-18(24(7-2)11-9-8-10-12-24)20(23)22-19-15(3)13-17(21-5)14-16(19)4;/h13-14,18H,6-12H2,1-4H3;/p+1. The Kier molecular flexibility index (Phi) is 9.24. The first-order valence-electron chi connectivity index (χ1n) is 9.12. The van der Waals surface area contributed by atoms with E-state index < -0.39 is 7.26 Å². The Bertz CT molecular complexity index is 625. The van der Waals surface area contributed by atoms with Gasteiger partial charge in [0.25, 0.3) is 5.91 Å². The molecule has 0 spiro atoms. The zero-order valence-corrected chi connectivity index (χ0v) is 19.8. The van der Waals surface area contributed by atoms with Crippen molar-refractivity contribution in [3.8, 4) is 0 Å². The third-order valence-electron chi connectivity index (χ3n) is 5.58. The van der Waals surface area contributed by atoms with Crippen LogP contribution in [0.15, 0.2) is 12.1 Å². The minimum Gasteiger partial charge on any atom is -0.322 e. The number of anilines is 1. The predicted molar refractivity (Wildman–Crippen MR) is 106 cm³/mol. The summed E-state index contributed by atoms with van der Waals surface area (Å²) in [6, 6.07) is 3.73. The molecule has 0 aromatic heterocycles. The molecule has 1 fully saturated rings. The van der Waals surface area contributed by atoms with Crippen LogP contribution in [0.1, 0.15) is 50.7 Å². The summed E-state index contributed by atoms with van der Waals surface area (Å²) in [5.74, 6) is 0.205. The quantitative estimate of drug-likeness (QED) is 0.462. The molecule has 0 bridgehead atoms. The van der Waals surface area contributed by atoms with Gasteiger partial charge >= 0.3 is 0 Å². The fourth-order valence-electron chi connectivity index (χ4n) is 4.22. The number of aryl methyl sites for hydroxylation is 2. The van der Waals surface area contributed by atoms with Crippen molar-refractivity contribution in [2.24, 2.45) is 0 Å². The Morgan fingerprint density at radius 1 is 1.20 bits per heavy atom. The molecule has 1 aliphatic rings. The van der Waals surface area contributed by atoms with Crippen LogP contribution in [0.2, 0.25) is 0 Å². The van der Waals surface area contributed by atoms with Crippen molar-refractivity contribution in [2.45, 2.75) is 59.0 Å². The number of nitrogens with one attached hydrogen (secondary N) is 1. The molecule has 1 saturated heterocycles. The molecule has 1 heterocycles. The Balaban J connectivity index is 0.00000312. The van der Waals surface area contributed by atoms with Crippen LogP contribution in [0.25, 0.3) is 4.85 Å². The molecule has 1 radical (unpaired) electrons. The minimum atomic E-state index is -1.18. The van der Waals surface area contributed by atoms with Crippen molar-refractivity contribution in [1.82, 2.24) is 0 Å². The maximum atomic E-state index is 13.1. The van der Waals surface area contributed by atoms with Crippen molar-refractivity contribution < 1.29 is 37.5 Å². The fourth-order valence-corrected chi connectivity index (χ4v) is 9.18. The molecule has 1 N–H and O–H groups in total. The van der Waals surface area contributed by atoms with Crippen LogP contribution in [0.3, 0.4) is 0 Å². The van der Waals surface area contributed by atoms with E-state index in [1.54, 1.807) is 0 Å². The van der Waals surface area contributed by atoms with Gasteiger partial charge in [-0.1, -0.05) is 19.1 Å². The monoisotopic (exact) mass is 434 g/mol. The first-order valence-corrected chi connectivity index (χ1v) is 11.5. The predicted octanol–water partition coefficient (Wildman–Crippen LogP) is 5.79. The van der Waals surface area contributed by atoms with Gasteiger partial charge in [0.05, 0.1) is 25.1 Å². The number of rotatable bonds is 5. The summed E-state index contributed by atoms with van der Waals surface area (Å²) in [7, 11) is -1.18. The number of benzene rings is 1. The second-order valence-electron chi connectivity index (χ2n) is 7.02. The fraction of sp³-hybridized carbons (Fsp3) is 0.600. The van der Waals surface area contributed by atoms with Crippen molar-refractivity contribution in [2.75, 3.05) is 23.8 Å². The second-order valence-corrected chi connectivity index (χ2v) is 11.6. The molecule has 1 aliphatic heterocycles. The van der Waals surface area contributed by atoms with E-state index in [0.717, 1.165) is 23.2 Å². The Labute approximate surface area is 178 Å². The Morgan fingerprint density at radius 2 is 1.76 bits per heavy atom. The van der Waals surface area contributed by atoms with Crippen molar-refractivity contribution in [3.63, 3.8) is 0 Å². The van der Waals surface area contributed by atoms with Gasteiger partial charge in [-0.25, -0.2) is 4.85 Å². The van der Waals surface area contributed by atoms with E-state index in [9.17, 15) is 4.79 Å². The zero-order chi connectivity index (χ0) is 17.7. The van der Waals surface area contributed by atoms with Crippen molar-refractivity contribution in [3.05, 3.63) is 34.7 Å². The molecule has 1 unspecified atom stereocenters. The van der Waals surface area contributed by atoms with E-state index in [4.69, 9.17) is 6.57 Å². The van der Waals surface area contributed by atoms with Gasteiger partial charge in [0.2, 0.25) is 0 Å². The third kappa shape index (κ3) is 5.12. The molecule has 3 nitrogen and oxygen atoms in total. The van der Waals surface area contributed by atoms with Crippen molar-refractivity contribution >= 4 is 24.5 Å². The number of nitrogens with zero attached hydrogens (tertiary/aromatic N) is 1. The summed E-state index contributed by atoms with van der Waals surface area (Å²) in [5, 5.41) is 3.22. The summed E-state index contributed by atoms with van der Waals surface area (Å²) in [6.45, 7) is 15.6. The average Bonchev–Trinajstić information content (AvgIpc) is 2.59. The molecule has 1 amide bonds. The molecule has 1 atom stereocenters. The molecule has 1 aromatic carbocycles. The largest absolute Gasteiger partial charge is 0.322 e. The van der Waals surface area contributed by atoms with Gasteiger partial charge in [0, 0.05) is 45.7 Å². The van der Waals surface area contributed by atoms with E-state index in [1.165, 1.54) is 37.7 Å². The molecule has 5 heteroatoms. The molecule has 0 saturated carbocycles. The molecular weight excluding hydrogens is 404 g/mol. The molecule has 25 heavy (non-hydrogen) atoms. The maximum absolute atomic E-state index is 13.1. The van der Waals surface area contributed by atoms with E-state index >= 15 is 0 Å². The number of carbonyl (C=O) groups is 1. The third-order valence-corrected chi connectivity index (χ3v) is 11.2. The normalized spacial score (nSPS) is 17.1. The topological polar surface area (TPSA) is 33.5 Å². The molecular formula is C20H30N2OPY+. The number of hydrogen-bond donors (Lipinski definition) is 1. The van der Waals surface area contributed by atoms with Gasteiger partial charge < -0.3 is 5.32 Å². The summed E-state index contributed by atoms with van der Waals surface area (Å²) in [4.78, 5) is 16.6. The number of carbonyl (C=O) groups excluding carboxylic acids is 1. The molecule has 2 rings (SSSR count). The summed E-state index contributed by atoms with van der Waals surface area (Å²) < 4.78 is 0. The van der Waals surface area contributed by atoms with Gasteiger partial charge in [0.1, 0.15) is 5.66 Å². The van der Waals surface area contributed by atoms with E-state index in [0.29, 0.717) is 5.69 Å². The first-order chi connectivity index (χ1) is 11.5. The summed E-state index contributed by atoms with van der Waals surface area (Å²) in [5.41, 5.74) is 3.69.